The first kappa shape index (κ1) is 20.2. The molecule has 2 fully saturated rings. The van der Waals surface area contributed by atoms with Crippen molar-refractivity contribution in [1.82, 2.24) is 9.21 Å². The molecule has 2 saturated heterocycles. The van der Waals surface area contributed by atoms with Gasteiger partial charge in [0.2, 0.25) is 15.9 Å². The summed E-state index contributed by atoms with van der Waals surface area (Å²) in [6.07, 6.45) is 1.50. The zero-order valence-electron chi connectivity index (χ0n) is 15.0. The third kappa shape index (κ3) is 4.33. The molecule has 27 heavy (non-hydrogen) atoms. The van der Waals surface area contributed by atoms with E-state index in [2.05, 4.69) is 0 Å². The predicted octanol–water partition coefficient (Wildman–Crippen LogP) is 0.872. The Hall–Kier alpha value is -1.52. The minimum atomic E-state index is -3.81. The van der Waals surface area contributed by atoms with Gasteiger partial charge in [-0.25, -0.2) is 21.2 Å². The summed E-state index contributed by atoms with van der Waals surface area (Å²) in [5.41, 5.74) is 0. The number of halogens is 1. The molecule has 7 nitrogen and oxygen atoms in total. The molecular formula is C17H23FN2O5S2. The fraction of sp³-hybridized carbons (Fsp3) is 0.588. The van der Waals surface area contributed by atoms with E-state index in [1.807, 2.05) is 0 Å². The second-order valence-electron chi connectivity index (χ2n) is 7.16. The molecule has 1 aromatic rings. The van der Waals surface area contributed by atoms with Crippen molar-refractivity contribution in [1.29, 1.82) is 0 Å². The second-order valence-corrected chi connectivity index (χ2v) is 11.3. The van der Waals surface area contributed by atoms with Gasteiger partial charge in [0.15, 0.2) is 9.84 Å². The highest BCUT2D eigenvalue weighted by Crippen LogP contribution is 2.26. The fourth-order valence-electron chi connectivity index (χ4n) is 3.67. The first-order valence-electron chi connectivity index (χ1n) is 8.83. The molecule has 1 aromatic carbocycles. The molecule has 1 amide bonds. The molecule has 0 saturated carbocycles. The molecule has 0 spiro atoms. The summed E-state index contributed by atoms with van der Waals surface area (Å²) in [5.74, 6) is -1.22. The Bertz CT molecular complexity index is 915. The lowest BCUT2D eigenvalue weighted by Crippen LogP contribution is -2.48. The van der Waals surface area contributed by atoms with E-state index in [-0.39, 0.29) is 34.9 Å². The van der Waals surface area contributed by atoms with Crippen molar-refractivity contribution < 1.29 is 26.0 Å². The maximum absolute atomic E-state index is 13.1. The monoisotopic (exact) mass is 418 g/mol. The number of carbonyl (C=O) groups excluding carboxylic acids is 1. The van der Waals surface area contributed by atoms with Crippen LogP contribution in [0.15, 0.2) is 29.2 Å². The number of benzene rings is 1. The van der Waals surface area contributed by atoms with Crippen molar-refractivity contribution in [2.75, 3.05) is 31.6 Å². The lowest BCUT2D eigenvalue weighted by Gasteiger charge is -2.34. The average Bonchev–Trinajstić information content (AvgIpc) is 3.01. The number of sulfonamides is 1. The first-order chi connectivity index (χ1) is 12.6. The molecule has 0 N–H and O–H groups in total. The predicted molar refractivity (Wildman–Crippen MR) is 97.7 cm³/mol. The van der Waals surface area contributed by atoms with Crippen molar-refractivity contribution in [3.8, 4) is 0 Å². The van der Waals surface area contributed by atoms with Crippen LogP contribution in [0.3, 0.4) is 0 Å². The molecular weight excluding hydrogens is 395 g/mol. The van der Waals surface area contributed by atoms with Gasteiger partial charge in [-0.1, -0.05) is 0 Å². The molecule has 0 radical (unpaired) electrons. The quantitative estimate of drug-likeness (QED) is 0.724. The van der Waals surface area contributed by atoms with E-state index in [0.717, 1.165) is 12.1 Å². The number of hydrogen-bond donors (Lipinski definition) is 0. The van der Waals surface area contributed by atoms with Gasteiger partial charge in [0, 0.05) is 26.2 Å². The molecule has 0 aromatic heterocycles. The van der Waals surface area contributed by atoms with Crippen LogP contribution in [0.2, 0.25) is 0 Å². The summed E-state index contributed by atoms with van der Waals surface area (Å²) in [6.45, 7) is 0.341. The lowest BCUT2D eigenvalue weighted by atomic mass is 9.97. The largest absolute Gasteiger partial charge is 0.341 e. The number of rotatable bonds is 4. The normalized spacial score (nSPS) is 26.0. The van der Waals surface area contributed by atoms with Gasteiger partial charge in [0.05, 0.1) is 22.3 Å². The Balaban J connectivity index is 1.72. The Morgan fingerprint density at radius 2 is 1.89 bits per heavy atom. The van der Waals surface area contributed by atoms with E-state index in [1.165, 1.54) is 21.3 Å². The van der Waals surface area contributed by atoms with Crippen LogP contribution in [0.5, 0.6) is 0 Å². The molecule has 2 aliphatic heterocycles. The van der Waals surface area contributed by atoms with Crippen LogP contribution in [0.4, 0.5) is 4.39 Å². The number of piperidine rings is 1. The van der Waals surface area contributed by atoms with E-state index in [0.29, 0.717) is 25.8 Å². The summed E-state index contributed by atoms with van der Waals surface area (Å²) in [7, 11) is -5.33. The molecule has 0 unspecified atom stereocenters. The van der Waals surface area contributed by atoms with Gasteiger partial charge in [0.25, 0.3) is 0 Å². The number of nitrogens with zero attached hydrogens (tertiary/aromatic N) is 2. The SMILES string of the molecule is CN(C(=O)[C@@H]1CCCN(S(=O)(=O)c2ccc(F)cc2)C1)[C@H]1CCS(=O)(=O)C1. The zero-order chi connectivity index (χ0) is 19.8. The lowest BCUT2D eigenvalue weighted by molar-refractivity contribution is -0.137. The van der Waals surface area contributed by atoms with Gasteiger partial charge in [0.1, 0.15) is 5.82 Å². The van der Waals surface area contributed by atoms with Gasteiger partial charge < -0.3 is 4.90 Å². The summed E-state index contributed by atoms with van der Waals surface area (Å²) >= 11 is 0. The Labute approximate surface area is 159 Å². The van der Waals surface area contributed by atoms with Crippen LogP contribution in [-0.4, -0.2) is 69.6 Å². The van der Waals surface area contributed by atoms with Crippen molar-refractivity contribution in [3.63, 3.8) is 0 Å². The van der Waals surface area contributed by atoms with Crippen molar-refractivity contribution in [2.45, 2.75) is 30.2 Å². The summed E-state index contributed by atoms with van der Waals surface area (Å²) in [4.78, 5) is 14.3. The Morgan fingerprint density at radius 3 is 2.48 bits per heavy atom. The second kappa shape index (κ2) is 7.48. The third-order valence-corrected chi connectivity index (χ3v) is 8.92. The molecule has 150 valence electrons. The van der Waals surface area contributed by atoms with Gasteiger partial charge in [-0.3, -0.25) is 4.79 Å². The van der Waals surface area contributed by atoms with Gasteiger partial charge in [-0.05, 0) is 43.5 Å². The number of amides is 1. The van der Waals surface area contributed by atoms with E-state index < -0.39 is 31.6 Å². The summed E-state index contributed by atoms with van der Waals surface area (Å²) in [6, 6.07) is 4.25. The Kier molecular flexibility index (Phi) is 5.60. The van der Waals surface area contributed by atoms with Crippen LogP contribution in [0.1, 0.15) is 19.3 Å². The molecule has 2 aliphatic rings. The molecule has 10 heteroatoms. The highest BCUT2D eigenvalue weighted by atomic mass is 32.2. The van der Waals surface area contributed by atoms with Gasteiger partial charge in [-0.15, -0.1) is 0 Å². The van der Waals surface area contributed by atoms with Crippen LogP contribution in [-0.2, 0) is 24.7 Å². The Morgan fingerprint density at radius 1 is 1.22 bits per heavy atom. The number of carbonyl (C=O) groups is 1. The number of hydrogen-bond acceptors (Lipinski definition) is 5. The van der Waals surface area contributed by atoms with Crippen LogP contribution in [0, 0.1) is 11.7 Å². The van der Waals surface area contributed by atoms with Crippen LogP contribution < -0.4 is 0 Å². The van der Waals surface area contributed by atoms with E-state index >= 15 is 0 Å². The van der Waals surface area contributed by atoms with E-state index in [1.54, 1.807) is 7.05 Å². The molecule has 0 aliphatic carbocycles. The minimum Gasteiger partial charge on any atom is -0.341 e. The van der Waals surface area contributed by atoms with Crippen LogP contribution >= 0.6 is 0 Å². The summed E-state index contributed by atoms with van der Waals surface area (Å²) in [5, 5.41) is 0. The van der Waals surface area contributed by atoms with Crippen molar-refractivity contribution >= 4 is 25.8 Å². The minimum absolute atomic E-state index is 0.00719. The standard InChI is InChI=1S/C17H23FN2O5S2/c1-19(15-8-10-26(22,23)12-15)17(21)13-3-2-9-20(11-13)27(24,25)16-6-4-14(18)5-7-16/h4-7,13,15H,2-3,8-12H2,1H3/t13-,15+/m1/s1. The highest BCUT2D eigenvalue weighted by molar-refractivity contribution is 7.91. The van der Waals surface area contributed by atoms with Crippen LogP contribution in [0.25, 0.3) is 0 Å². The van der Waals surface area contributed by atoms with Gasteiger partial charge >= 0.3 is 0 Å². The fourth-order valence-corrected chi connectivity index (χ4v) is 6.96. The van der Waals surface area contributed by atoms with E-state index in [4.69, 9.17) is 0 Å². The topological polar surface area (TPSA) is 91.8 Å². The summed E-state index contributed by atoms with van der Waals surface area (Å²) < 4.78 is 63.2. The van der Waals surface area contributed by atoms with Crippen molar-refractivity contribution in [2.24, 2.45) is 5.92 Å². The average molecular weight is 419 g/mol. The zero-order valence-corrected chi connectivity index (χ0v) is 16.7. The molecule has 2 atom stereocenters. The third-order valence-electron chi connectivity index (χ3n) is 5.29. The van der Waals surface area contributed by atoms with Gasteiger partial charge in [-0.2, -0.15) is 4.31 Å². The first-order valence-corrected chi connectivity index (χ1v) is 12.1. The number of sulfone groups is 1. The van der Waals surface area contributed by atoms with E-state index in [9.17, 15) is 26.0 Å². The maximum Gasteiger partial charge on any atom is 0.243 e. The molecule has 2 heterocycles. The maximum atomic E-state index is 13.1. The molecule has 0 bridgehead atoms. The van der Waals surface area contributed by atoms with Crippen molar-refractivity contribution in [3.05, 3.63) is 30.1 Å². The smallest absolute Gasteiger partial charge is 0.243 e. The highest BCUT2D eigenvalue weighted by Gasteiger charge is 2.38. The molecule has 3 rings (SSSR count).